The number of hydrogen-bond acceptors (Lipinski definition) is 6. The van der Waals surface area contributed by atoms with E-state index >= 15 is 0 Å². The Morgan fingerprint density at radius 3 is 0.826 bits per heavy atom. The number of carboxylic acids is 4. The summed E-state index contributed by atoms with van der Waals surface area (Å²) >= 11 is 0. The van der Waals surface area contributed by atoms with Crippen molar-refractivity contribution in [3.63, 3.8) is 0 Å². The number of para-hydroxylation sites is 2. The predicted octanol–water partition coefficient (Wildman–Crippen LogP) is 5.33. The monoisotopic (exact) mass is 654 g/mol. The molecule has 0 atom stereocenters. The molecule has 0 unspecified atom stereocenters. The Kier molecular flexibility index (Phi) is 9.72. The first-order valence-corrected chi connectivity index (χ1v) is 16.0. The van der Waals surface area contributed by atoms with Gasteiger partial charge < -0.3 is 29.5 Å². The molecule has 5 rings (SSSR count). The van der Waals surface area contributed by atoms with Gasteiger partial charge in [-0.3, -0.25) is 0 Å². The van der Waals surface area contributed by atoms with Crippen LogP contribution in [0.25, 0.3) is 0 Å². The third-order valence-electron chi connectivity index (χ3n) is 6.64. The summed E-state index contributed by atoms with van der Waals surface area (Å²) in [6.45, 7) is 0. The van der Waals surface area contributed by atoms with Gasteiger partial charge in [-0.05, 0) is 36.4 Å². The molecule has 0 aliphatic heterocycles. The van der Waals surface area contributed by atoms with E-state index in [4.69, 9.17) is 9.05 Å². The largest absolute Gasteiger partial charge is 0.478 e. The predicted molar refractivity (Wildman–Crippen MR) is 174 cm³/mol. The van der Waals surface area contributed by atoms with E-state index in [1.165, 1.54) is 24.3 Å². The van der Waals surface area contributed by atoms with Crippen molar-refractivity contribution in [3.05, 3.63) is 144 Å². The van der Waals surface area contributed by atoms with E-state index in [0.29, 0.717) is 0 Å². The summed E-state index contributed by atoms with van der Waals surface area (Å²) in [7, 11) is -4.28. The van der Waals surface area contributed by atoms with Gasteiger partial charge in [-0.25, -0.2) is 19.2 Å². The van der Waals surface area contributed by atoms with Gasteiger partial charge in [0.15, 0.2) is 27.8 Å². The zero-order valence-electron chi connectivity index (χ0n) is 23.7. The zero-order chi connectivity index (χ0) is 32.8. The summed E-state index contributed by atoms with van der Waals surface area (Å²) in [4.78, 5) is 49.0. The van der Waals surface area contributed by atoms with Crippen molar-refractivity contribution in [2.75, 3.05) is 0 Å². The quantitative estimate of drug-likeness (QED) is 0.129. The zero-order valence-corrected chi connectivity index (χ0v) is 25.5. The lowest BCUT2D eigenvalue weighted by Gasteiger charge is -2.26. The molecule has 46 heavy (non-hydrogen) atoms. The lowest BCUT2D eigenvalue weighted by molar-refractivity contribution is 0.0687. The Morgan fingerprint density at radius 1 is 0.370 bits per heavy atom. The van der Waals surface area contributed by atoms with Crippen molar-refractivity contribution in [2.24, 2.45) is 0 Å². The average molecular weight is 655 g/mol. The molecule has 0 aliphatic carbocycles. The molecule has 0 fully saturated rings. The first-order chi connectivity index (χ1) is 22.2. The third-order valence-corrected chi connectivity index (χ3v) is 10.7. The lowest BCUT2D eigenvalue weighted by atomic mass is 10.2. The van der Waals surface area contributed by atoms with Gasteiger partial charge in [0.1, 0.15) is 0 Å². The highest BCUT2D eigenvalue weighted by molar-refractivity contribution is 7.69. The van der Waals surface area contributed by atoms with Gasteiger partial charge in [0, 0.05) is 21.2 Å². The van der Waals surface area contributed by atoms with Crippen LogP contribution in [-0.4, -0.2) is 44.3 Å². The Labute approximate surface area is 264 Å². The van der Waals surface area contributed by atoms with Crippen molar-refractivity contribution in [3.8, 4) is 11.5 Å². The van der Waals surface area contributed by atoms with E-state index in [9.17, 15) is 39.6 Å². The first kappa shape index (κ1) is 31.9. The molecule has 0 saturated heterocycles. The van der Waals surface area contributed by atoms with Gasteiger partial charge in [0.25, 0.3) is 0 Å². The second-order valence-corrected chi connectivity index (χ2v) is 13.0. The van der Waals surface area contributed by atoms with Crippen molar-refractivity contribution in [2.45, 2.75) is 0 Å². The number of hydrogen-bond donors (Lipinski definition) is 4. The van der Waals surface area contributed by atoms with Crippen LogP contribution in [0.4, 0.5) is 0 Å². The van der Waals surface area contributed by atoms with Crippen LogP contribution in [0.1, 0.15) is 41.4 Å². The van der Waals surface area contributed by atoms with Crippen LogP contribution in [-0.2, 0) is 0 Å². The third kappa shape index (κ3) is 6.74. The Bertz CT molecular complexity index is 1700. The Balaban J connectivity index is 1.68. The number of benzene rings is 5. The van der Waals surface area contributed by atoms with Gasteiger partial charge in [0.05, 0.1) is 22.3 Å². The van der Waals surface area contributed by atoms with Crippen LogP contribution < -0.4 is 30.3 Å². The first-order valence-electron chi connectivity index (χ1n) is 13.5. The molecular formula is C34H24O10P2. The maximum absolute atomic E-state index is 12.2. The Morgan fingerprint density at radius 2 is 0.587 bits per heavy atom. The smallest absolute Gasteiger partial charge is 0.336 e. The van der Waals surface area contributed by atoms with Crippen molar-refractivity contribution >= 4 is 61.4 Å². The molecule has 12 heteroatoms. The van der Waals surface area contributed by atoms with Crippen LogP contribution >= 0.6 is 16.3 Å². The minimum atomic E-state index is -2.14. The van der Waals surface area contributed by atoms with Gasteiger partial charge in [-0.2, -0.15) is 0 Å². The average Bonchev–Trinajstić information content (AvgIpc) is 3.06. The summed E-state index contributed by atoms with van der Waals surface area (Å²) in [5, 5.41) is 40.9. The molecule has 5 aromatic carbocycles. The SMILES string of the molecule is O=C(O)c1ccccc1P(Oc1ccccc1OP(c1ccccc1C(=O)O)c1ccccc1C(=O)O)c1ccccc1C(=O)O. The standard InChI is InChI=1S/C34H24O10P2/c35-31(36)21-11-1-7-17-27(21)45(28-18-8-2-12-22(28)32(37)38)43-25-15-5-6-16-26(25)44-46(29-19-9-3-13-23(29)33(39)40)30-20-10-4-14-24(30)34(41)42/h1-20H,(H,35,36)(H,37,38)(H,39,40)(H,41,42). The van der Waals surface area contributed by atoms with Gasteiger partial charge in [0.2, 0.25) is 0 Å². The van der Waals surface area contributed by atoms with Gasteiger partial charge >= 0.3 is 23.9 Å². The minimum absolute atomic E-state index is 0.0831. The van der Waals surface area contributed by atoms with E-state index in [0.717, 1.165) is 0 Å². The summed E-state index contributed by atoms with van der Waals surface area (Å²) in [5.41, 5.74) is -0.332. The maximum atomic E-state index is 12.2. The van der Waals surface area contributed by atoms with Crippen LogP contribution in [0.2, 0.25) is 0 Å². The minimum Gasteiger partial charge on any atom is -0.478 e. The molecule has 4 N–H and O–H groups in total. The number of aromatic carboxylic acids is 4. The van der Waals surface area contributed by atoms with Crippen LogP contribution in [0, 0.1) is 0 Å². The number of carboxylic acid groups (broad SMARTS) is 4. The van der Waals surface area contributed by atoms with Gasteiger partial charge in [-0.15, -0.1) is 0 Å². The molecule has 230 valence electrons. The van der Waals surface area contributed by atoms with E-state index < -0.39 is 40.2 Å². The molecule has 0 amide bonds. The van der Waals surface area contributed by atoms with Crippen LogP contribution in [0.3, 0.4) is 0 Å². The molecule has 10 nitrogen and oxygen atoms in total. The molecular weight excluding hydrogens is 630 g/mol. The molecule has 0 radical (unpaired) electrons. The fraction of sp³-hybridized carbons (Fsp3) is 0. The van der Waals surface area contributed by atoms with Crippen LogP contribution in [0.15, 0.2) is 121 Å². The summed E-state index contributed by atoms with van der Waals surface area (Å²) in [6, 6.07) is 30.9. The van der Waals surface area contributed by atoms with E-state index in [1.54, 1.807) is 97.1 Å². The summed E-state index contributed by atoms with van der Waals surface area (Å²) in [6.07, 6.45) is 0. The summed E-state index contributed by atoms with van der Waals surface area (Å²) in [5.74, 6) is -4.73. The van der Waals surface area contributed by atoms with Crippen molar-refractivity contribution in [1.82, 2.24) is 0 Å². The highest BCUT2D eigenvalue weighted by atomic mass is 31.1. The molecule has 0 aromatic heterocycles. The highest BCUT2D eigenvalue weighted by Crippen LogP contribution is 2.47. The lowest BCUT2D eigenvalue weighted by Crippen LogP contribution is -2.26. The molecule has 0 bridgehead atoms. The van der Waals surface area contributed by atoms with Crippen molar-refractivity contribution < 1.29 is 48.7 Å². The molecule has 5 aromatic rings. The molecule has 0 spiro atoms. The highest BCUT2D eigenvalue weighted by Gasteiger charge is 2.31. The van der Waals surface area contributed by atoms with E-state index in [-0.39, 0.29) is 55.0 Å². The summed E-state index contributed by atoms with van der Waals surface area (Å²) < 4.78 is 13.0. The maximum Gasteiger partial charge on any atom is 0.336 e. The van der Waals surface area contributed by atoms with E-state index in [1.807, 2.05) is 0 Å². The van der Waals surface area contributed by atoms with E-state index in [2.05, 4.69) is 0 Å². The molecule has 0 aliphatic rings. The van der Waals surface area contributed by atoms with Crippen molar-refractivity contribution in [1.29, 1.82) is 0 Å². The van der Waals surface area contributed by atoms with Gasteiger partial charge in [-0.1, -0.05) is 84.9 Å². The molecule has 0 saturated carbocycles. The normalized spacial score (nSPS) is 10.8. The number of rotatable bonds is 12. The number of carbonyl (C=O) groups is 4. The van der Waals surface area contributed by atoms with Crippen LogP contribution in [0.5, 0.6) is 11.5 Å². The molecule has 0 heterocycles. The fourth-order valence-electron chi connectivity index (χ4n) is 4.58. The topological polar surface area (TPSA) is 168 Å². The second-order valence-electron chi connectivity index (χ2n) is 9.51. The fourth-order valence-corrected chi connectivity index (χ4v) is 8.63. The Hall–Kier alpha value is -5.56. The second kappa shape index (κ2) is 14.0.